The molecule has 20 heavy (non-hydrogen) atoms. The Morgan fingerprint density at radius 1 is 1.05 bits per heavy atom. The van der Waals surface area contributed by atoms with Crippen LogP contribution in [0.5, 0.6) is 0 Å². The third kappa shape index (κ3) is 3.44. The van der Waals surface area contributed by atoms with Crippen LogP contribution in [0.15, 0.2) is 0 Å². The number of aliphatic hydroxyl groups excluding tert-OH is 1. The molecule has 0 aliphatic carbocycles. The number of piperidine rings is 1. The number of carbonyl (C=O) groups is 1. The van der Waals surface area contributed by atoms with Crippen molar-refractivity contribution in [3.63, 3.8) is 0 Å². The molecule has 3 aliphatic heterocycles. The van der Waals surface area contributed by atoms with Crippen LogP contribution in [0.1, 0.15) is 44.9 Å². The summed E-state index contributed by atoms with van der Waals surface area (Å²) >= 11 is 0. The molecule has 0 spiro atoms. The van der Waals surface area contributed by atoms with E-state index in [0.29, 0.717) is 6.61 Å². The Hall–Kier alpha value is -0.810. The molecule has 0 unspecified atom stereocenters. The summed E-state index contributed by atoms with van der Waals surface area (Å²) in [7, 11) is 1.43. The molecule has 3 saturated heterocycles. The van der Waals surface area contributed by atoms with Crippen LogP contribution in [-0.2, 0) is 4.74 Å². The second-order valence-electron chi connectivity index (χ2n) is 6.09. The fourth-order valence-electron chi connectivity index (χ4n) is 3.69. The molecule has 116 valence electrons. The second kappa shape index (κ2) is 7.27. The van der Waals surface area contributed by atoms with Gasteiger partial charge in [0.15, 0.2) is 0 Å². The number of rotatable bonds is 1. The molecule has 1 N–H and O–H groups in total. The maximum atomic E-state index is 10.9. The van der Waals surface area contributed by atoms with Crippen LogP contribution in [0.3, 0.4) is 0 Å². The Morgan fingerprint density at radius 3 is 2.10 bits per heavy atom. The molecule has 5 nitrogen and oxygen atoms in total. The third-order valence-corrected chi connectivity index (χ3v) is 4.89. The summed E-state index contributed by atoms with van der Waals surface area (Å²) in [6.07, 6.45) is 8.34. The van der Waals surface area contributed by atoms with Gasteiger partial charge in [-0.2, -0.15) is 0 Å². The first-order chi connectivity index (χ1) is 9.72. The molecule has 3 rings (SSSR count). The van der Waals surface area contributed by atoms with Crippen LogP contribution < -0.4 is 0 Å². The molecule has 0 atom stereocenters. The Labute approximate surface area is 121 Å². The number of aliphatic hydroxyl groups is 1. The highest BCUT2D eigenvalue weighted by Gasteiger charge is 2.43. The van der Waals surface area contributed by atoms with E-state index in [1.165, 1.54) is 52.3 Å². The summed E-state index contributed by atoms with van der Waals surface area (Å²) in [4.78, 5) is 15.1. The van der Waals surface area contributed by atoms with Crippen molar-refractivity contribution in [2.24, 2.45) is 0 Å². The Balaban J connectivity index is 0.000000147. The highest BCUT2D eigenvalue weighted by atomic mass is 16.5. The van der Waals surface area contributed by atoms with E-state index in [4.69, 9.17) is 0 Å². The lowest BCUT2D eigenvalue weighted by Crippen LogP contribution is -2.41. The van der Waals surface area contributed by atoms with Crippen molar-refractivity contribution < 1.29 is 14.6 Å². The van der Waals surface area contributed by atoms with Crippen molar-refractivity contribution in [1.29, 1.82) is 0 Å². The summed E-state index contributed by atoms with van der Waals surface area (Å²) in [5.74, 6) is 0. The highest BCUT2D eigenvalue weighted by molar-refractivity contribution is 5.67. The number of carbonyl (C=O) groups excluding carboxylic acids is 1. The van der Waals surface area contributed by atoms with E-state index in [9.17, 15) is 9.90 Å². The third-order valence-electron chi connectivity index (χ3n) is 4.89. The number of amides is 1. The second-order valence-corrected chi connectivity index (χ2v) is 6.09. The molecule has 0 bridgehead atoms. The number of nitrogens with zero attached hydrogens (tertiary/aromatic N) is 2. The van der Waals surface area contributed by atoms with Gasteiger partial charge < -0.3 is 14.7 Å². The lowest BCUT2D eigenvalue weighted by Gasteiger charge is -2.29. The first kappa shape index (κ1) is 15.6. The average molecular weight is 284 g/mol. The van der Waals surface area contributed by atoms with Crippen LogP contribution >= 0.6 is 0 Å². The van der Waals surface area contributed by atoms with Gasteiger partial charge in [-0.1, -0.05) is 0 Å². The van der Waals surface area contributed by atoms with Gasteiger partial charge in [0.2, 0.25) is 0 Å². The summed E-state index contributed by atoms with van der Waals surface area (Å²) < 4.78 is 4.58. The van der Waals surface area contributed by atoms with Crippen LogP contribution in [-0.4, -0.2) is 66.4 Å². The minimum Gasteiger partial charge on any atom is -0.453 e. The summed E-state index contributed by atoms with van der Waals surface area (Å²) in [5.41, 5.74) is 0.236. The number of hydrogen-bond acceptors (Lipinski definition) is 4. The van der Waals surface area contributed by atoms with Gasteiger partial charge in [-0.3, -0.25) is 4.90 Å². The van der Waals surface area contributed by atoms with E-state index in [0.717, 1.165) is 25.9 Å². The van der Waals surface area contributed by atoms with E-state index in [2.05, 4.69) is 9.64 Å². The number of likely N-dealkylation sites (tertiary alicyclic amines) is 1. The number of ether oxygens (including phenoxy) is 1. The van der Waals surface area contributed by atoms with E-state index in [-0.39, 0.29) is 11.6 Å². The molecule has 3 fully saturated rings. The van der Waals surface area contributed by atoms with Gasteiger partial charge >= 0.3 is 6.09 Å². The quantitative estimate of drug-likeness (QED) is 0.798. The highest BCUT2D eigenvalue weighted by Crippen LogP contribution is 2.37. The Kier molecular flexibility index (Phi) is 5.66. The van der Waals surface area contributed by atoms with Gasteiger partial charge in [-0.15, -0.1) is 0 Å². The lowest BCUT2D eigenvalue weighted by molar-refractivity contribution is 0.0999. The Morgan fingerprint density at radius 2 is 1.65 bits per heavy atom. The Bertz CT molecular complexity index is 306. The van der Waals surface area contributed by atoms with E-state index in [1.807, 2.05) is 0 Å². The largest absolute Gasteiger partial charge is 0.453 e. The van der Waals surface area contributed by atoms with Gasteiger partial charge in [0.1, 0.15) is 0 Å². The van der Waals surface area contributed by atoms with E-state index < -0.39 is 0 Å². The molecule has 0 aromatic heterocycles. The van der Waals surface area contributed by atoms with Crippen molar-refractivity contribution in [3.8, 4) is 0 Å². The van der Waals surface area contributed by atoms with E-state index >= 15 is 0 Å². The lowest BCUT2D eigenvalue weighted by atomic mass is 9.96. The standard InChI is InChI=1S/C8H15NO.C7H13NO2/c10-7-8-3-1-5-9(8)6-2-4-8;1-10-7(9)8-5-3-2-4-6-8/h10H,1-7H2;2-6H2,1H3. The maximum Gasteiger partial charge on any atom is 0.409 e. The zero-order valence-electron chi connectivity index (χ0n) is 12.6. The van der Waals surface area contributed by atoms with Gasteiger partial charge in [-0.05, 0) is 58.0 Å². The smallest absolute Gasteiger partial charge is 0.409 e. The molecule has 0 aromatic rings. The fourth-order valence-corrected chi connectivity index (χ4v) is 3.69. The molecule has 0 aromatic carbocycles. The van der Waals surface area contributed by atoms with E-state index in [1.54, 1.807) is 4.90 Å². The average Bonchev–Trinajstić information content (AvgIpc) is 3.08. The van der Waals surface area contributed by atoms with Crippen molar-refractivity contribution >= 4 is 6.09 Å². The molecule has 5 heteroatoms. The van der Waals surface area contributed by atoms with Gasteiger partial charge in [-0.25, -0.2) is 4.79 Å². The van der Waals surface area contributed by atoms with Crippen molar-refractivity contribution in [2.45, 2.75) is 50.5 Å². The summed E-state index contributed by atoms with van der Waals surface area (Å²) in [6.45, 7) is 4.56. The summed E-state index contributed by atoms with van der Waals surface area (Å²) in [6, 6.07) is 0. The minimum atomic E-state index is -0.181. The summed E-state index contributed by atoms with van der Waals surface area (Å²) in [5, 5.41) is 9.19. The van der Waals surface area contributed by atoms with Crippen LogP contribution in [0.4, 0.5) is 4.79 Å². The monoisotopic (exact) mass is 284 g/mol. The normalized spacial score (nSPS) is 24.8. The molecular weight excluding hydrogens is 256 g/mol. The fraction of sp³-hybridized carbons (Fsp3) is 0.933. The zero-order chi connectivity index (χ0) is 14.4. The van der Waals surface area contributed by atoms with Gasteiger partial charge in [0.25, 0.3) is 0 Å². The number of hydrogen-bond donors (Lipinski definition) is 1. The predicted octanol–water partition coefficient (Wildman–Crippen LogP) is 1.85. The van der Waals surface area contributed by atoms with Gasteiger partial charge in [0.05, 0.1) is 13.7 Å². The molecule has 1 amide bonds. The maximum absolute atomic E-state index is 10.9. The topological polar surface area (TPSA) is 53.0 Å². The predicted molar refractivity (Wildman–Crippen MR) is 77.7 cm³/mol. The first-order valence-corrected chi connectivity index (χ1v) is 7.91. The number of fused-ring (bicyclic) bond motifs is 1. The first-order valence-electron chi connectivity index (χ1n) is 7.91. The van der Waals surface area contributed by atoms with Crippen LogP contribution in [0.25, 0.3) is 0 Å². The van der Waals surface area contributed by atoms with Gasteiger partial charge in [0, 0.05) is 18.6 Å². The SMILES string of the molecule is COC(=O)N1CCCCC1.OCC12CCCN1CCC2. The molecule has 3 heterocycles. The molecule has 0 radical (unpaired) electrons. The van der Waals surface area contributed by atoms with Crippen molar-refractivity contribution in [1.82, 2.24) is 9.80 Å². The molecular formula is C15H28N2O3. The molecule has 0 saturated carbocycles. The van der Waals surface area contributed by atoms with Crippen molar-refractivity contribution in [3.05, 3.63) is 0 Å². The van der Waals surface area contributed by atoms with Crippen molar-refractivity contribution in [2.75, 3.05) is 39.9 Å². The zero-order valence-corrected chi connectivity index (χ0v) is 12.6. The van der Waals surface area contributed by atoms with Crippen LogP contribution in [0.2, 0.25) is 0 Å². The number of methoxy groups -OCH3 is 1. The minimum absolute atomic E-state index is 0.181. The molecule has 3 aliphatic rings. The van der Waals surface area contributed by atoms with Crippen LogP contribution in [0, 0.1) is 0 Å².